The van der Waals surface area contributed by atoms with Gasteiger partial charge in [0.1, 0.15) is 0 Å². The molecule has 0 saturated heterocycles. The summed E-state index contributed by atoms with van der Waals surface area (Å²) in [6, 6.07) is 0. The van der Waals surface area contributed by atoms with E-state index in [1.807, 2.05) is 0 Å². The lowest BCUT2D eigenvalue weighted by molar-refractivity contribution is 0.415. The van der Waals surface area contributed by atoms with Gasteiger partial charge in [0.15, 0.2) is 0 Å². The highest BCUT2D eigenvalue weighted by Crippen LogP contribution is 1.58. The fourth-order valence-corrected chi connectivity index (χ4v) is 0. The average molecular weight is 72.1 g/mol. The molecule has 0 spiro atoms. The summed E-state index contributed by atoms with van der Waals surface area (Å²) in [7, 11) is 3.61. The Kier molecular flexibility index (Phi) is 2.14. The molecular weight excluding hydrogens is 64.0 g/mol. The van der Waals surface area contributed by atoms with Crippen LogP contribution in [0.1, 0.15) is 0 Å². The molecule has 0 fully saturated rings. The van der Waals surface area contributed by atoms with Crippen LogP contribution in [0, 0.1) is 0 Å². The lowest BCUT2D eigenvalue weighted by Gasteiger charge is -1.97. The van der Waals surface area contributed by atoms with Gasteiger partial charge in [0.25, 0.3) is 0 Å². The number of rotatable bonds is 1. The first-order valence-electron chi connectivity index (χ1n) is 1.53. The summed E-state index contributed by atoms with van der Waals surface area (Å²) in [4.78, 5) is 1.68. The minimum Gasteiger partial charge on any atom is -0.294 e. The van der Waals surface area contributed by atoms with E-state index in [2.05, 4.69) is 0 Å². The average Bonchev–Trinajstić information content (AvgIpc) is 1.38. The minimum absolute atomic E-state index is 0.139. The quantitative estimate of drug-likeness (QED) is 0.413. The lowest BCUT2D eigenvalue weighted by atomic mass is 10.9. The molecule has 2 heteroatoms. The van der Waals surface area contributed by atoms with Crippen LogP contribution in [0.2, 0.25) is 0 Å². The molecule has 2 nitrogen and oxygen atoms in total. The summed E-state index contributed by atoms with van der Waals surface area (Å²) >= 11 is 0. The van der Waals surface area contributed by atoms with Crippen LogP contribution in [0.3, 0.4) is 0 Å². The maximum absolute atomic E-state index is 8.07. The SMILES string of the molecule is CN(C)C[N]. The smallest absolute Gasteiger partial charge is 0.0834 e. The zero-order valence-corrected chi connectivity index (χ0v) is 3.60. The first kappa shape index (κ1) is 4.92. The maximum Gasteiger partial charge on any atom is 0.0834 e. The maximum atomic E-state index is 8.07. The first-order chi connectivity index (χ1) is 2.27. The summed E-state index contributed by atoms with van der Waals surface area (Å²) in [5.74, 6) is 0. The van der Waals surface area contributed by atoms with Gasteiger partial charge in [-0.05, 0) is 14.1 Å². The lowest BCUT2D eigenvalue weighted by Crippen LogP contribution is -2.12. The van der Waals surface area contributed by atoms with Crippen molar-refractivity contribution in [1.29, 1.82) is 0 Å². The Morgan fingerprint density at radius 2 is 1.80 bits per heavy atom. The van der Waals surface area contributed by atoms with E-state index in [0.717, 1.165) is 0 Å². The van der Waals surface area contributed by atoms with Crippen molar-refractivity contribution in [3.63, 3.8) is 0 Å². The Morgan fingerprint density at radius 1 is 1.60 bits per heavy atom. The standard InChI is InChI=1S/C3H8N2/c1-5(2)3-4/h3H2,1-2H3. The Morgan fingerprint density at radius 3 is 1.80 bits per heavy atom. The van der Waals surface area contributed by atoms with Gasteiger partial charge in [0.05, 0.1) is 6.67 Å². The predicted molar refractivity (Wildman–Crippen MR) is 20.7 cm³/mol. The molecule has 2 radical (unpaired) electrons. The monoisotopic (exact) mass is 72.1 g/mol. The second-order valence-corrected chi connectivity index (χ2v) is 1.22. The second-order valence-electron chi connectivity index (χ2n) is 1.22. The van der Waals surface area contributed by atoms with Crippen molar-refractivity contribution in [2.75, 3.05) is 20.8 Å². The van der Waals surface area contributed by atoms with Crippen molar-refractivity contribution in [3.05, 3.63) is 0 Å². The second kappa shape index (κ2) is 2.18. The normalized spacial score (nSPS) is 9.60. The van der Waals surface area contributed by atoms with Gasteiger partial charge in [-0.2, -0.15) is 0 Å². The van der Waals surface area contributed by atoms with Crippen molar-refractivity contribution >= 4 is 0 Å². The molecule has 0 aliphatic heterocycles. The number of hydrogen-bond donors (Lipinski definition) is 0. The summed E-state index contributed by atoms with van der Waals surface area (Å²) < 4.78 is 0. The molecule has 0 atom stereocenters. The fraction of sp³-hybridized carbons (Fsp3) is 1.00. The van der Waals surface area contributed by atoms with Gasteiger partial charge in [-0.25, -0.2) is 0 Å². The molecule has 0 unspecified atom stereocenters. The Balaban J connectivity index is 2.54. The van der Waals surface area contributed by atoms with E-state index in [4.69, 9.17) is 5.73 Å². The highest BCUT2D eigenvalue weighted by atomic mass is 15.1. The summed E-state index contributed by atoms with van der Waals surface area (Å²) in [5.41, 5.74) is 8.07. The van der Waals surface area contributed by atoms with E-state index in [-0.39, 0.29) is 6.67 Å². The van der Waals surface area contributed by atoms with E-state index in [1.165, 1.54) is 0 Å². The van der Waals surface area contributed by atoms with Gasteiger partial charge in [0, 0.05) is 0 Å². The van der Waals surface area contributed by atoms with E-state index in [9.17, 15) is 0 Å². The molecule has 5 heavy (non-hydrogen) atoms. The summed E-state index contributed by atoms with van der Waals surface area (Å²) in [6.45, 7) is 0.139. The highest BCUT2D eigenvalue weighted by Gasteiger charge is 1.74. The van der Waals surface area contributed by atoms with Gasteiger partial charge >= 0.3 is 0 Å². The number of nitrogens with zero attached hydrogens (tertiary/aromatic N) is 2. The molecule has 0 aliphatic rings. The van der Waals surface area contributed by atoms with E-state index in [0.29, 0.717) is 0 Å². The van der Waals surface area contributed by atoms with Gasteiger partial charge in [-0.3, -0.25) is 4.90 Å². The molecule has 0 aliphatic carbocycles. The molecule has 0 amide bonds. The highest BCUT2D eigenvalue weighted by molar-refractivity contribution is 4.22. The molecular formula is C3H8N2. The molecule has 30 valence electrons. The number of hydrogen-bond acceptors (Lipinski definition) is 1. The van der Waals surface area contributed by atoms with Crippen LogP contribution in [0.15, 0.2) is 0 Å². The molecule has 0 N–H and O–H groups in total. The summed E-state index contributed by atoms with van der Waals surface area (Å²) in [6.07, 6.45) is 0. The van der Waals surface area contributed by atoms with Gasteiger partial charge in [0.2, 0.25) is 0 Å². The van der Waals surface area contributed by atoms with Gasteiger partial charge in [-0.15, -0.1) is 5.73 Å². The van der Waals surface area contributed by atoms with Crippen LogP contribution < -0.4 is 5.73 Å². The van der Waals surface area contributed by atoms with Crippen LogP contribution in [0.5, 0.6) is 0 Å². The van der Waals surface area contributed by atoms with Crippen molar-refractivity contribution in [2.45, 2.75) is 0 Å². The van der Waals surface area contributed by atoms with E-state index in [1.54, 1.807) is 19.0 Å². The zero-order chi connectivity index (χ0) is 4.28. The largest absolute Gasteiger partial charge is 0.294 e. The van der Waals surface area contributed by atoms with Crippen molar-refractivity contribution < 1.29 is 0 Å². The molecule has 0 saturated carbocycles. The van der Waals surface area contributed by atoms with Crippen LogP contribution >= 0.6 is 0 Å². The minimum atomic E-state index is 0.139. The third-order valence-electron chi connectivity index (χ3n) is 0.283. The van der Waals surface area contributed by atoms with Crippen LogP contribution in [0.4, 0.5) is 0 Å². The fourth-order valence-electron chi connectivity index (χ4n) is 0. The summed E-state index contributed by atoms with van der Waals surface area (Å²) in [5, 5.41) is 0. The van der Waals surface area contributed by atoms with Crippen LogP contribution in [0.25, 0.3) is 0 Å². The topological polar surface area (TPSA) is 25.5 Å². The molecule has 0 bridgehead atoms. The van der Waals surface area contributed by atoms with Crippen molar-refractivity contribution in [3.8, 4) is 0 Å². The molecule has 0 rings (SSSR count). The molecule has 0 aromatic rings. The van der Waals surface area contributed by atoms with Crippen molar-refractivity contribution in [2.24, 2.45) is 0 Å². The molecule has 0 heterocycles. The van der Waals surface area contributed by atoms with E-state index < -0.39 is 0 Å². The Hall–Kier alpha value is -0.0800. The van der Waals surface area contributed by atoms with Crippen molar-refractivity contribution in [1.82, 2.24) is 10.6 Å². The molecule has 0 aromatic carbocycles. The zero-order valence-electron chi connectivity index (χ0n) is 3.60. The van der Waals surface area contributed by atoms with E-state index >= 15 is 0 Å². The van der Waals surface area contributed by atoms with Gasteiger partial charge in [-0.1, -0.05) is 0 Å². The Bertz CT molecular complexity index is 18.9. The Labute approximate surface area is 32.6 Å². The third kappa shape index (κ3) is 3.92. The first-order valence-corrected chi connectivity index (χ1v) is 1.53. The molecule has 0 aromatic heterocycles. The van der Waals surface area contributed by atoms with Crippen LogP contribution in [-0.4, -0.2) is 25.7 Å². The third-order valence-corrected chi connectivity index (χ3v) is 0.283. The predicted octanol–water partition coefficient (Wildman–Crippen LogP) is -0.426. The van der Waals surface area contributed by atoms with Gasteiger partial charge < -0.3 is 0 Å². The van der Waals surface area contributed by atoms with Crippen LogP contribution in [-0.2, 0) is 0 Å².